The minimum Gasteiger partial charge on any atom is -0.319 e. The van der Waals surface area contributed by atoms with Gasteiger partial charge < -0.3 is 5.32 Å². The second-order valence-corrected chi connectivity index (χ2v) is 3.90. The van der Waals surface area contributed by atoms with Gasteiger partial charge in [0.15, 0.2) is 0 Å². The van der Waals surface area contributed by atoms with Crippen molar-refractivity contribution in [3.8, 4) is 0 Å². The maximum Gasteiger partial charge on any atom is 0.416 e. The highest BCUT2D eigenvalue weighted by molar-refractivity contribution is 5.81. The molecule has 0 amide bonds. The van der Waals surface area contributed by atoms with E-state index in [0.29, 0.717) is 23.9 Å². The summed E-state index contributed by atoms with van der Waals surface area (Å²) in [6, 6.07) is 3.55. The number of rotatable bonds is 3. The van der Waals surface area contributed by atoms with E-state index in [9.17, 15) is 13.2 Å². The average molecular weight is 255 g/mol. The van der Waals surface area contributed by atoms with Crippen molar-refractivity contribution in [3.63, 3.8) is 0 Å². The van der Waals surface area contributed by atoms with Crippen molar-refractivity contribution in [2.24, 2.45) is 0 Å². The molecular formula is C12H12F3N3. The predicted octanol–water partition coefficient (Wildman–Crippen LogP) is 2.41. The third kappa shape index (κ3) is 2.59. The molecule has 0 saturated carbocycles. The molecule has 18 heavy (non-hydrogen) atoms. The van der Waals surface area contributed by atoms with Crippen molar-refractivity contribution < 1.29 is 13.2 Å². The Bertz CT molecular complexity index is 552. The van der Waals surface area contributed by atoms with E-state index in [2.05, 4.69) is 15.3 Å². The predicted molar refractivity (Wildman–Crippen MR) is 62.2 cm³/mol. The van der Waals surface area contributed by atoms with Crippen molar-refractivity contribution in [2.75, 3.05) is 13.6 Å². The Morgan fingerprint density at radius 2 is 2.00 bits per heavy atom. The zero-order valence-electron chi connectivity index (χ0n) is 9.75. The lowest BCUT2D eigenvalue weighted by molar-refractivity contribution is -0.137. The molecule has 0 aliphatic carbocycles. The van der Waals surface area contributed by atoms with Crippen molar-refractivity contribution in [2.45, 2.75) is 12.6 Å². The van der Waals surface area contributed by atoms with Crippen LogP contribution in [0.3, 0.4) is 0 Å². The summed E-state index contributed by atoms with van der Waals surface area (Å²) in [6.45, 7) is 0.715. The zero-order chi connectivity index (χ0) is 13.2. The van der Waals surface area contributed by atoms with Gasteiger partial charge in [-0.15, -0.1) is 0 Å². The molecule has 2 aromatic rings. The summed E-state index contributed by atoms with van der Waals surface area (Å²) >= 11 is 0. The number of halogens is 3. The number of hydrogen-bond acceptors (Lipinski definition) is 3. The van der Waals surface area contributed by atoms with Crippen LogP contribution in [0.1, 0.15) is 11.3 Å². The van der Waals surface area contributed by atoms with E-state index in [0.717, 1.165) is 17.8 Å². The second-order valence-electron chi connectivity index (χ2n) is 3.90. The van der Waals surface area contributed by atoms with Gasteiger partial charge in [-0.2, -0.15) is 13.2 Å². The van der Waals surface area contributed by atoms with Crippen LogP contribution in [0.15, 0.2) is 24.5 Å². The largest absolute Gasteiger partial charge is 0.416 e. The lowest BCUT2D eigenvalue weighted by atomic mass is 10.1. The third-order valence-electron chi connectivity index (χ3n) is 2.66. The molecule has 0 spiro atoms. The topological polar surface area (TPSA) is 37.8 Å². The van der Waals surface area contributed by atoms with E-state index >= 15 is 0 Å². The van der Waals surface area contributed by atoms with Crippen LogP contribution in [0, 0.1) is 0 Å². The monoisotopic (exact) mass is 255 g/mol. The van der Waals surface area contributed by atoms with Gasteiger partial charge in [-0.05, 0) is 19.2 Å². The van der Waals surface area contributed by atoms with Crippen molar-refractivity contribution in [1.82, 2.24) is 15.3 Å². The van der Waals surface area contributed by atoms with Crippen LogP contribution in [0.5, 0.6) is 0 Å². The van der Waals surface area contributed by atoms with Crippen LogP contribution < -0.4 is 5.32 Å². The molecule has 0 aliphatic rings. The number of aromatic nitrogens is 2. The van der Waals surface area contributed by atoms with Gasteiger partial charge in [-0.25, -0.2) is 9.97 Å². The molecule has 0 bridgehead atoms. The number of benzene rings is 1. The van der Waals surface area contributed by atoms with E-state index in [-0.39, 0.29) is 0 Å². The number of fused-ring (bicyclic) bond motifs is 1. The summed E-state index contributed by atoms with van der Waals surface area (Å²) in [5.41, 5.74) is 0.391. The van der Waals surface area contributed by atoms with Crippen LogP contribution in [0.25, 0.3) is 10.9 Å². The van der Waals surface area contributed by atoms with Gasteiger partial charge in [0.25, 0.3) is 0 Å². The van der Waals surface area contributed by atoms with E-state index in [1.54, 1.807) is 0 Å². The van der Waals surface area contributed by atoms with Gasteiger partial charge in [0, 0.05) is 18.4 Å². The van der Waals surface area contributed by atoms with Crippen molar-refractivity contribution in [3.05, 3.63) is 35.8 Å². The van der Waals surface area contributed by atoms with E-state index in [1.807, 2.05) is 7.05 Å². The molecule has 1 N–H and O–H groups in total. The third-order valence-corrected chi connectivity index (χ3v) is 2.66. The van der Waals surface area contributed by atoms with Crippen molar-refractivity contribution >= 4 is 10.9 Å². The number of likely N-dealkylation sites (N-methyl/N-ethyl adjacent to an activating group) is 1. The molecule has 0 fully saturated rings. The van der Waals surface area contributed by atoms with E-state index < -0.39 is 11.7 Å². The standard InChI is InChI=1S/C12H12F3N3/c1-16-5-4-10-9-3-2-8(12(13,14)15)6-11(9)18-7-17-10/h2-3,6-7,16H,4-5H2,1H3. The fraction of sp³-hybridized carbons (Fsp3) is 0.333. The summed E-state index contributed by atoms with van der Waals surface area (Å²) in [6.07, 6.45) is -2.39. The summed E-state index contributed by atoms with van der Waals surface area (Å²) in [4.78, 5) is 8.00. The average Bonchev–Trinajstić information content (AvgIpc) is 2.34. The van der Waals surface area contributed by atoms with Crippen LogP contribution in [0.2, 0.25) is 0 Å². The first-order valence-corrected chi connectivity index (χ1v) is 5.48. The summed E-state index contributed by atoms with van der Waals surface area (Å²) in [5, 5.41) is 3.64. The van der Waals surface area contributed by atoms with Gasteiger partial charge in [-0.3, -0.25) is 0 Å². The number of nitrogens with zero attached hydrogens (tertiary/aromatic N) is 2. The highest BCUT2D eigenvalue weighted by atomic mass is 19.4. The lowest BCUT2D eigenvalue weighted by Crippen LogP contribution is -2.12. The first-order chi connectivity index (χ1) is 8.52. The highest BCUT2D eigenvalue weighted by Gasteiger charge is 2.30. The Morgan fingerprint density at radius 1 is 1.22 bits per heavy atom. The lowest BCUT2D eigenvalue weighted by Gasteiger charge is -2.09. The van der Waals surface area contributed by atoms with E-state index in [4.69, 9.17) is 0 Å². The van der Waals surface area contributed by atoms with Crippen LogP contribution in [-0.2, 0) is 12.6 Å². The molecule has 1 aromatic carbocycles. The molecule has 96 valence electrons. The summed E-state index contributed by atoms with van der Waals surface area (Å²) in [5.74, 6) is 0. The molecule has 6 heteroatoms. The smallest absolute Gasteiger partial charge is 0.319 e. The van der Waals surface area contributed by atoms with Gasteiger partial charge in [0.05, 0.1) is 16.8 Å². The second kappa shape index (κ2) is 4.89. The van der Waals surface area contributed by atoms with Gasteiger partial charge in [0.1, 0.15) is 6.33 Å². The van der Waals surface area contributed by atoms with E-state index in [1.165, 1.54) is 12.4 Å². The minimum absolute atomic E-state index is 0.325. The molecule has 0 atom stereocenters. The Balaban J connectivity index is 2.46. The quantitative estimate of drug-likeness (QED) is 0.915. The normalized spacial score (nSPS) is 12.0. The zero-order valence-corrected chi connectivity index (χ0v) is 9.75. The molecule has 0 radical (unpaired) electrons. The number of alkyl halides is 3. The Morgan fingerprint density at radius 3 is 2.67 bits per heavy atom. The van der Waals surface area contributed by atoms with Gasteiger partial charge in [-0.1, -0.05) is 6.07 Å². The first-order valence-electron chi connectivity index (χ1n) is 5.48. The minimum atomic E-state index is -4.34. The molecule has 2 rings (SSSR count). The maximum atomic E-state index is 12.6. The molecule has 1 heterocycles. The maximum absolute atomic E-state index is 12.6. The van der Waals surface area contributed by atoms with Crippen LogP contribution >= 0.6 is 0 Å². The van der Waals surface area contributed by atoms with Crippen LogP contribution in [0.4, 0.5) is 13.2 Å². The highest BCUT2D eigenvalue weighted by Crippen LogP contribution is 2.31. The summed E-state index contributed by atoms with van der Waals surface area (Å²) < 4.78 is 37.7. The van der Waals surface area contributed by atoms with Gasteiger partial charge in [0.2, 0.25) is 0 Å². The van der Waals surface area contributed by atoms with Crippen molar-refractivity contribution in [1.29, 1.82) is 0 Å². The molecule has 1 aromatic heterocycles. The number of nitrogens with one attached hydrogen (secondary N) is 1. The summed E-state index contributed by atoms with van der Waals surface area (Å²) in [7, 11) is 1.81. The Hall–Kier alpha value is -1.69. The fourth-order valence-electron chi connectivity index (χ4n) is 1.73. The van der Waals surface area contributed by atoms with Crippen LogP contribution in [-0.4, -0.2) is 23.6 Å². The molecular weight excluding hydrogens is 243 g/mol. The molecule has 3 nitrogen and oxygen atoms in total. The SMILES string of the molecule is CNCCc1ncnc2cc(C(F)(F)F)ccc12. The Labute approximate surface area is 102 Å². The molecule has 0 saturated heterocycles. The fourth-order valence-corrected chi connectivity index (χ4v) is 1.73. The molecule has 0 unspecified atom stereocenters. The first kappa shape index (κ1) is 12.8. The number of hydrogen-bond donors (Lipinski definition) is 1. The molecule has 0 aliphatic heterocycles. The van der Waals surface area contributed by atoms with Gasteiger partial charge >= 0.3 is 6.18 Å². The Kier molecular flexibility index (Phi) is 3.47.